The van der Waals surface area contributed by atoms with Crippen molar-refractivity contribution < 1.29 is 4.79 Å². The summed E-state index contributed by atoms with van der Waals surface area (Å²) >= 11 is 0. The molecular formula is C13H22N2OSi2. The molecule has 98 valence electrons. The largest absolute Gasteiger partial charge is 0.349 e. The van der Waals surface area contributed by atoms with Crippen LogP contribution in [0, 0.1) is 0 Å². The second kappa shape index (κ2) is 4.62. The lowest BCUT2D eigenvalue weighted by Gasteiger charge is -2.49. The minimum absolute atomic E-state index is 0.0561. The molecule has 2 rings (SSSR count). The molecule has 0 amide bonds. The van der Waals surface area contributed by atoms with E-state index in [1.54, 1.807) is 12.2 Å². The standard InChI is InChI=1S/C13H22N2OSi2/c1-17(2)10-5-11-18(3,4)15(17)14-12-6-8-13(16)9-7-12/h6-9H,5,10-11H2,1-4H3. The summed E-state index contributed by atoms with van der Waals surface area (Å²) < 4.78 is 2.49. The first kappa shape index (κ1) is 13.5. The van der Waals surface area contributed by atoms with Crippen LogP contribution in [0.3, 0.4) is 0 Å². The topological polar surface area (TPSA) is 32.7 Å². The van der Waals surface area contributed by atoms with E-state index in [0.717, 1.165) is 5.71 Å². The van der Waals surface area contributed by atoms with Gasteiger partial charge in [-0.2, -0.15) is 5.10 Å². The van der Waals surface area contributed by atoms with Crippen molar-refractivity contribution in [3.05, 3.63) is 24.3 Å². The smallest absolute Gasteiger partial charge is 0.178 e. The monoisotopic (exact) mass is 278 g/mol. The maximum atomic E-state index is 11.1. The van der Waals surface area contributed by atoms with Crippen molar-refractivity contribution >= 4 is 28.0 Å². The molecule has 0 radical (unpaired) electrons. The quantitative estimate of drug-likeness (QED) is 0.545. The van der Waals surface area contributed by atoms with Gasteiger partial charge >= 0.3 is 0 Å². The summed E-state index contributed by atoms with van der Waals surface area (Å²) in [5, 5.41) is 4.88. The van der Waals surface area contributed by atoms with Gasteiger partial charge in [-0.1, -0.05) is 32.6 Å². The van der Waals surface area contributed by atoms with Gasteiger partial charge in [0.05, 0.1) is 5.71 Å². The summed E-state index contributed by atoms with van der Waals surface area (Å²) in [5.74, 6) is 0.0561. The normalized spacial score (nSPS) is 25.4. The van der Waals surface area contributed by atoms with Gasteiger partial charge in [0.15, 0.2) is 22.3 Å². The van der Waals surface area contributed by atoms with Gasteiger partial charge in [-0.15, -0.1) is 0 Å². The molecule has 1 aliphatic carbocycles. The summed E-state index contributed by atoms with van der Waals surface area (Å²) in [6.45, 7) is 9.64. The van der Waals surface area contributed by atoms with E-state index in [9.17, 15) is 4.79 Å². The molecule has 5 heteroatoms. The Hall–Kier alpha value is -0.946. The molecule has 0 spiro atoms. The molecule has 0 aromatic rings. The number of carbonyl (C=O) groups is 1. The summed E-state index contributed by atoms with van der Waals surface area (Å²) in [4.78, 5) is 11.1. The Labute approximate surface area is 111 Å². The van der Waals surface area contributed by atoms with Crippen LogP contribution in [0.15, 0.2) is 29.4 Å². The van der Waals surface area contributed by atoms with Crippen LogP contribution >= 0.6 is 0 Å². The molecule has 18 heavy (non-hydrogen) atoms. The number of rotatable bonds is 1. The Balaban J connectivity index is 2.30. The third-order valence-corrected chi connectivity index (χ3v) is 13.1. The van der Waals surface area contributed by atoms with E-state index in [-0.39, 0.29) is 5.78 Å². The lowest BCUT2D eigenvalue weighted by atomic mass is 10.2. The maximum absolute atomic E-state index is 11.1. The van der Waals surface area contributed by atoms with E-state index in [4.69, 9.17) is 5.10 Å². The molecular weight excluding hydrogens is 256 g/mol. The number of allylic oxidation sites excluding steroid dienone is 4. The number of nitrogens with zero attached hydrogens (tertiary/aromatic N) is 2. The van der Waals surface area contributed by atoms with Crippen molar-refractivity contribution in [3.8, 4) is 0 Å². The molecule has 3 nitrogen and oxygen atoms in total. The molecule has 2 aliphatic rings. The Morgan fingerprint density at radius 3 is 2.00 bits per heavy atom. The van der Waals surface area contributed by atoms with Gasteiger partial charge in [-0.05, 0) is 36.4 Å². The van der Waals surface area contributed by atoms with Crippen LogP contribution in [0.4, 0.5) is 0 Å². The zero-order valence-corrected chi connectivity index (χ0v) is 13.7. The van der Waals surface area contributed by atoms with E-state index in [1.807, 2.05) is 12.2 Å². The first-order valence-corrected chi connectivity index (χ1v) is 12.9. The van der Waals surface area contributed by atoms with E-state index >= 15 is 0 Å². The van der Waals surface area contributed by atoms with Crippen molar-refractivity contribution in [2.24, 2.45) is 5.10 Å². The van der Waals surface area contributed by atoms with Gasteiger partial charge in [0.25, 0.3) is 0 Å². The average Bonchev–Trinajstić information content (AvgIpc) is 2.25. The van der Waals surface area contributed by atoms with E-state index in [1.165, 1.54) is 18.5 Å². The van der Waals surface area contributed by atoms with Gasteiger partial charge in [-0.3, -0.25) is 4.79 Å². The van der Waals surface area contributed by atoms with Gasteiger partial charge in [0.2, 0.25) is 0 Å². The zero-order chi connectivity index (χ0) is 13.4. The second-order valence-corrected chi connectivity index (χ2v) is 15.9. The predicted molar refractivity (Wildman–Crippen MR) is 81.8 cm³/mol. The molecule has 0 atom stereocenters. The second-order valence-electron chi connectivity index (χ2n) is 6.38. The molecule has 1 aliphatic heterocycles. The SMILES string of the molecule is C[Si]1(C)CCC[Si](C)(C)N1N=C1C=CC(=O)C=C1. The van der Waals surface area contributed by atoms with Crippen molar-refractivity contribution in [2.45, 2.75) is 44.7 Å². The first-order chi connectivity index (χ1) is 8.31. The van der Waals surface area contributed by atoms with E-state index in [2.05, 4.69) is 30.5 Å². The molecule has 1 saturated heterocycles. The third kappa shape index (κ3) is 2.72. The van der Waals surface area contributed by atoms with Crippen LogP contribution in [0.5, 0.6) is 0 Å². The highest BCUT2D eigenvalue weighted by Crippen LogP contribution is 2.35. The minimum atomic E-state index is -1.40. The summed E-state index contributed by atoms with van der Waals surface area (Å²) in [7, 11) is -2.80. The summed E-state index contributed by atoms with van der Waals surface area (Å²) in [6.07, 6.45) is 8.25. The van der Waals surface area contributed by atoms with Crippen molar-refractivity contribution in [3.63, 3.8) is 0 Å². The first-order valence-electron chi connectivity index (χ1n) is 6.60. The van der Waals surface area contributed by atoms with Crippen molar-refractivity contribution in [1.29, 1.82) is 0 Å². The minimum Gasteiger partial charge on any atom is -0.349 e. The van der Waals surface area contributed by atoms with Crippen LogP contribution in [-0.2, 0) is 4.79 Å². The fourth-order valence-corrected chi connectivity index (χ4v) is 13.7. The molecule has 0 aromatic carbocycles. The van der Waals surface area contributed by atoms with Crippen LogP contribution < -0.4 is 0 Å². The molecule has 0 aromatic heterocycles. The number of hydrogen-bond acceptors (Lipinski definition) is 3. The van der Waals surface area contributed by atoms with Crippen molar-refractivity contribution in [1.82, 2.24) is 4.34 Å². The van der Waals surface area contributed by atoms with Crippen LogP contribution in [-0.4, -0.2) is 32.3 Å². The van der Waals surface area contributed by atoms with Crippen molar-refractivity contribution in [2.75, 3.05) is 0 Å². The van der Waals surface area contributed by atoms with Crippen LogP contribution in [0.2, 0.25) is 38.3 Å². The Bertz CT molecular complexity index is 416. The van der Waals surface area contributed by atoms with Gasteiger partial charge in [0, 0.05) is 0 Å². The Kier molecular flexibility index (Phi) is 3.46. The van der Waals surface area contributed by atoms with Gasteiger partial charge < -0.3 is 4.34 Å². The fourth-order valence-electron chi connectivity index (χ4n) is 2.88. The number of hydrazone groups is 1. The lowest BCUT2D eigenvalue weighted by Crippen LogP contribution is -2.62. The van der Waals surface area contributed by atoms with Gasteiger partial charge in [0.1, 0.15) is 0 Å². The average molecular weight is 279 g/mol. The number of carbonyl (C=O) groups excluding carboxylic acids is 1. The highest BCUT2D eigenvalue weighted by molar-refractivity contribution is 6.91. The maximum Gasteiger partial charge on any atom is 0.178 e. The summed E-state index contributed by atoms with van der Waals surface area (Å²) in [5.41, 5.74) is 0.928. The highest BCUT2D eigenvalue weighted by atomic mass is 28.4. The van der Waals surface area contributed by atoms with Gasteiger partial charge in [-0.25, -0.2) is 0 Å². The number of hydrogen-bond donors (Lipinski definition) is 0. The van der Waals surface area contributed by atoms with E-state index in [0.29, 0.717) is 0 Å². The number of ketones is 1. The Morgan fingerprint density at radius 1 is 1.00 bits per heavy atom. The molecule has 0 unspecified atom stereocenters. The zero-order valence-electron chi connectivity index (χ0n) is 11.7. The van der Waals surface area contributed by atoms with Crippen LogP contribution in [0.1, 0.15) is 6.42 Å². The molecule has 0 saturated carbocycles. The lowest BCUT2D eigenvalue weighted by molar-refractivity contribution is -0.110. The predicted octanol–water partition coefficient (Wildman–Crippen LogP) is 3.15. The Morgan fingerprint density at radius 2 is 1.50 bits per heavy atom. The third-order valence-electron chi connectivity index (χ3n) is 3.78. The summed E-state index contributed by atoms with van der Waals surface area (Å²) in [6, 6.07) is 2.65. The molecule has 0 bridgehead atoms. The molecule has 1 fully saturated rings. The molecule has 0 N–H and O–H groups in total. The fraction of sp³-hybridized carbons (Fsp3) is 0.538. The highest BCUT2D eigenvalue weighted by Gasteiger charge is 2.43. The van der Waals surface area contributed by atoms with E-state index < -0.39 is 16.5 Å². The van der Waals surface area contributed by atoms with Crippen LogP contribution in [0.25, 0.3) is 0 Å². The molecule has 1 heterocycles.